The van der Waals surface area contributed by atoms with E-state index in [9.17, 15) is 19.2 Å². The number of anilines is 2. The molecule has 3 aromatic rings. The summed E-state index contributed by atoms with van der Waals surface area (Å²) in [5.74, 6) is -2.00. The van der Waals surface area contributed by atoms with Gasteiger partial charge in [0.25, 0.3) is 11.5 Å². The Morgan fingerprint density at radius 3 is 2.03 bits per heavy atom. The Bertz CT molecular complexity index is 1470. The average molecular weight is 563 g/mol. The standard InChI is InChI=1S/C24H28N6O4.H2O4S/c1-16-20(24(34)30(29(16)4)19-8-6-5-7-9-19)27-21(31)17-10-12-18(13-11-17)26-23(33)22(32)25-14-15-28(2)3;1-5(2,3)4/h5-13H,14-15H2,1-4H3,(H,25,32)(H,26,33)(H,27,31);(H2,1,2,3,4). The molecule has 0 spiro atoms. The number of para-hydroxylation sites is 1. The number of carbonyl (C=O) groups is 3. The number of hydrogen-bond donors (Lipinski definition) is 5. The van der Waals surface area contributed by atoms with Gasteiger partial charge in [0.1, 0.15) is 5.69 Å². The summed E-state index contributed by atoms with van der Waals surface area (Å²) in [6.45, 7) is 2.71. The van der Waals surface area contributed by atoms with Crippen LogP contribution in [-0.2, 0) is 27.0 Å². The molecule has 0 aliphatic heterocycles. The monoisotopic (exact) mass is 562 g/mol. The highest BCUT2D eigenvalue weighted by atomic mass is 32.3. The number of benzene rings is 2. The lowest BCUT2D eigenvalue weighted by Crippen LogP contribution is -2.38. The van der Waals surface area contributed by atoms with Crippen LogP contribution in [-0.4, -0.2) is 76.7 Å². The lowest BCUT2D eigenvalue weighted by Gasteiger charge is -2.10. The highest BCUT2D eigenvalue weighted by molar-refractivity contribution is 7.79. The van der Waals surface area contributed by atoms with E-state index in [2.05, 4.69) is 16.0 Å². The summed E-state index contributed by atoms with van der Waals surface area (Å²) in [5, 5.41) is 7.71. The van der Waals surface area contributed by atoms with Gasteiger partial charge in [-0.1, -0.05) is 18.2 Å². The van der Waals surface area contributed by atoms with Gasteiger partial charge < -0.3 is 20.9 Å². The van der Waals surface area contributed by atoms with Gasteiger partial charge in [-0.3, -0.25) is 33.0 Å². The van der Waals surface area contributed by atoms with Crippen molar-refractivity contribution in [3.05, 3.63) is 76.2 Å². The zero-order valence-electron chi connectivity index (χ0n) is 21.7. The SMILES string of the molecule is Cc1c(NC(=O)c2ccc(NC(=O)C(=O)NCCN(C)C)cc2)c(=O)n(-c2ccccc2)n1C.O=S(=O)(O)O. The van der Waals surface area contributed by atoms with Crippen LogP contribution in [0.3, 0.4) is 0 Å². The van der Waals surface area contributed by atoms with Crippen molar-refractivity contribution < 1.29 is 31.9 Å². The Balaban J connectivity index is 0.000000976. The Labute approximate surface area is 224 Å². The summed E-state index contributed by atoms with van der Waals surface area (Å²) in [7, 11) is 0.803. The quantitative estimate of drug-likeness (QED) is 0.204. The molecule has 0 saturated carbocycles. The molecule has 0 radical (unpaired) electrons. The van der Waals surface area contributed by atoms with Gasteiger partial charge in [0, 0.05) is 31.4 Å². The number of rotatable bonds is 7. The number of hydrogen-bond acceptors (Lipinski definition) is 7. The van der Waals surface area contributed by atoms with Gasteiger partial charge in [0.15, 0.2) is 0 Å². The van der Waals surface area contributed by atoms with Crippen LogP contribution in [0.25, 0.3) is 5.69 Å². The van der Waals surface area contributed by atoms with Crippen LogP contribution in [0.15, 0.2) is 59.4 Å². The minimum Gasteiger partial charge on any atom is -0.347 e. The minimum atomic E-state index is -4.67. The van der Waals surface area contributed by atoms with Crippen LogP contribution in [0.5, 0.6) is 0 Å². The van der Waals surface area contributed by atoms with E-state index < -0.39 is 28.1 Å². The first-order valence-corrected chi connectivity index (χ1v) is 12.8. The van der Waals surface area contributed by atoms with Crippen molar-refractivity contribution in [2.75, 3.05) is 37.8 Å². The summed E-state index contributed by atoms with van der Waals surface area (Å²) in [5.41, 5.74) is 1.79. The number of nitrogens with one attached hydrogen (secondary N) is 3. The molecule has 15 heteroatoms. The van der Waals surface area contributed by atoms with E-state index in [1.807, 2.05) is 49.3 Å². The zero-order valence-corrected chi connectivity index (χ0v) is 22.5. The molecule has 2 aromatic carbocycles. The maximum Gasteiger partial charge on any atom is 0.394 e. The van der Waals surface area contributed by atoms with E-state index in [0.29, 0.717) is 35.7 Å². The van der Waals surface area contributed by atoms with Crippen molar-refractivity contribution in [1.82, 2.24) is 19.6 Å². The number of amides is 3. The molecule has 0 bridgehead atoms. The smallest absolute Gasteiger partial charge is 0.347 e. The van der Waals surface area contributed by atoms with E-state index in [1.54, 1.807) is 18.7 Å². The first-order chi connectivity index (χ1) is 18.2. The summed E-state index contributed by atoms with van der Waals surface area (Å²) >= 11 is 0. The number of aromatic nitrogens is 2. The molecule has 0 unspecified atom stereocenters. The normalized spacial score (nSPS) is 10.8. The van der Waals surface area contributed by atoms with Crippen LogP contribution in [0.1, 0.15) is 16.1 Å². The maximum absolute atomic E-state index is 13.0. The lowest BCUT2D eigenvalue weighted by atomic mass is 10.2. The van der Waals surface area contributed by atoms with Gasteiger partial charge >= 0.3 is 22.2 Å². The first kappa shape index (κ1) is 30.9. The highest BCUT2D eigenvalue weighted by Gasteiger charge is 2.19. The predicted molar refractivity (Wildman–Crippen MR) is 145 cm³/mol. The second kappa shape index (κ2) is 13.5. The Morgan fingerprint density at radius 1 is 0.923 bits per heavy atom. The summed E-state index contributed by atoms with van der Waals surface area (Å²) in [6.07, 6.45) is 0. The molecule has 3 rings (SSSR count). The van der Waals surface area contributed by atoms with E-state index in [-0.39, 0.29) is 11.2 Å². The van der Waals surface area contributed by atoms with Crippen LogP contribution in [0.2, 0.25) is 0 Å². The molecule has 1 aromatic heterocycles. The molecular weight excluding hydrogens is 532 g/mol. The minimum absolute atomic E-state index is 0.183. The fourth-order valence-corrected chi connectivity index (χ4v) is 3.26. The van der Waals surface area contributed by atoms with Gasteiger partial charge in [-0.2, -0.15) is 8.42 Å². The Kier molecular flexibility index (Phi) is 10.7. The van der Waals surface area contributed by atoms with Crippen molar-refractivity contribution in [2.45, 2.75) is 6.92 Å². The van der Waals surface area contributed by atoms with Crippen molar-refractivity contribution >= 4 is 39.5 Å². The van der Waals surface area contributed by atoms with Gasteiger partial charge in [-0.05, 0) is 57.4 Å². The van der Waals surface area contributed by atoms with Gasteiger partial charge in [0.05, 0.1) is 11.4 Å². The van der Waals surface area contributed by atoms with Crippen molar-refractivity contribution in [2.24, 2.45) is 7.05 Å². The van der Waals surface area contributed by atoms with Gasteiger partial charge in [-0.15, -0.1) is 0 Å². The molecule has 0 saturated heterocycles. The summed E-state index contributed by atoms with van der Waals surface area (Å²) in [4.78, 5) is 51.5. The molecule has 0 fully saturated rings. The fraction of sp³-hybridized carbons (Fsp3) is 0.250. The Morgan fingerprint density at radius 2 is 1.49 bits per heavy atom. The molecule has 5 N–H and O–H groups in total. The number of likely N-dealkylation sites (N-methyl/N-ethyl adjacent to an activating group) is 1. The van der Waals surface area contributed by atoms with Crippen LogP contribution >= 0.6 is 0 Å². The number of carbonyl (C=O) groups excluding carboxylic acids is 3. The molecule has 210 valence electrons. The molecular formula is C24H30N6O8S. The van der Waals surface area contributed by atoms with Gasteiger partial charge in [-0.25, -0.2) is 4.68 Å². The van der Waals surface area contributed by atoms with Crippen molar-refractivity contribution in [3.8, 4) is 5.69 Å². The zero-order chi connectivity index (χ0) is 29.3. The highest BCUT2D eigenvalue weighted by Crippen LogP contribution is 2.16. The molecule has 3 amide bonds. The van der Waals surface area contributed by atoms with Gasteiger partial charge in [0.2, 0.25) is 0 Å². The summed E-state index contributed by atoms with van der Waals surface area (Å²) in [6, 6.07) is 15.2. The van der Waals surface area contributed by atoms with Crippen molar-refractivity contribution in [3.63, 3.8) is 0 Å². The third kappa shape index (κ3) is 9.50. The van der Waals surface area contributed by atoms with E-state index in [1.165, 1.54) is 28.9 Å². The largest absolute Gasteiger partial charge is 0.394 e. The van der Waals surface area contributed by atoms with E-state index >= 15 is 0 Å². The first-order valence-electron chi connectivity index (χ1n) is 11.4. The molecule has 0 atom stereocenters. The van der Waals surface area contributed by atoms with Crippen LogP contribution < -0.4 is 21.5 Å². The van der Waals surface area contributed by atoms with E-state index in [0.717, 1.165) is 0 Å². The summed E-state index contributed by atoms with van der Waals surface area (Å²) < 4.78 is 34.7. The second-order valence-corrected chi connectivity index (χ2v) is 9.32. The van der Waals surface area contributed by atoms with E-state index in [4.69, 9.17) is 17.5 Å². The average Bonchev–Trinajstić information content (AvgIpc) is 3.06. The fourth-order valence-electron chi connectivity index (χ4n) is 3.26. The number of nitrogens with zero attached hydrogens (tertiary/aromatic N) is 3. The molecule has 1 heterocycles. The van der Waals surface area contributed by atoms with Crippen molar-refractivity contribution in [1.29, 1.82) is 0 Å². The molecule has 39 heavy (non-hydrogen) atoms. The predicted octanol–water partition coefficient (Wildman–Crippen LogP) is 0.700. The van der Waals surface area contributed by atoms with Crippen LogP contribution in [0.4, 0.5) is 11.4 Å². The Hall–Kier alpha value is -4.31. The third-order valence-corrected chi connectivity index (χ3v) is 5.25. The maximum atomic E-state index is 13.0. The molecule has 14 nitrogen and oxygen atoms in total. The second-order valence-electron chi connectivity index (χ2n) is 8.43. The topological polar surface area (TPSA) is 192 Å². The molecule has 0 aliphatic rings. The lowest BCUT2D eigenvalue weighted by molar-refractivity contribution is -0.136. The third-order valence-electron chi connectivity index (χ3n) is 5.25. The molecule has 0 aliphatic carbocycles. The van der Waals surface area contributed by atoms with Crippen LogP contribution in [0, 0.1) is 6.92 Å².